The van der Waals surface area contributed by atoms with Crippen molar-refractivity contribution in [2.24, 2.45) is 0 Å². The quantitative estimate of drug-likeness (QED) is 0.378. The Hall–Kier alpha value is -2.52. The number of aromatic nitrogens is 2. The Morgan fingerprint density at radius 3 is 2.63 bits per heavy atom. The summed E-state index contributed by atoms with van der Waals surface area (Å²) in [5.41, 5.74) is 7.29. The molecule has 2 aromatic carbocycles. The molecular weight excluding hydrogens is 453 g/mol. The molecule has 160 valence electrons. The molecule has 0 radical (unpaired) electrons. The summed E-state index contributed by atoms with van der Waals surface area (Å²) >= 11 is 12.1. The van der Waals surface area contributed by atoms with Crippen LogP contribution in [0.3, 0.4) is 0 Å². The van der Waals surface area contributed by atoms with Gasteiger partial charge in [0.2, 0.25) is 11.5 Å². The standard InChI is InChI=1S/C19H19Cl2N5O3.ClH/c20-14-6-5-13(15(21)9-14)11-28-16-4-2-1-3-12(16)10-23-7-8-24-19(27)17-18(22)26-29-25-17;/h1-6,9,23H,7-8,10-11H2,(H2,22,26)(H,24,27);1H/p-1. The number of anilines is 1. The number of nitrogens with two attached hydrogens (primary N) is 1. The minimum Gasteiger partial charge on any atom is -1.00 e. The van der Waals surface area contributed by atoms with E-state index in [2.05, 4.69) is 25.6 Å². The van der Waals surface area contributed by atoms with Gasteiger partial charge >= 0.3 is 0 Å². The van der Waals surface area contributed by atoms with Crippen molar-refractivity contribution < 1.29 is 26.6 Å². The van der Waals surface area contributed by atoms with Crippen molar-refractivity contribution >= 4 is 34.9 Å². The fourth-order valence-electron chi connectivity index (χ4n) is 2.51. The number of ether oxygens (including phenoxy) is 1. The molecule has 0 saturated carbocycles. The van der Waals surface area contributed by atoms with Crippen molar-refractivity contribution in [1.29, 1.82) is 0 Å². The van der Waals surface area contributed by atoms with Crippen LogP contribution in [0.1, 0.15) is 21.6 Å². The average Bonchev–Trinajstić information content (AvgIpc) is 3.14. The zero-order chi connectivity index (χ0) is 20.6. The first-order chi connectivity index (χ1) is 14.0. The SMILES string of the molecule is Nc1nonc1C(=O)NCCNCc1ccccc1OCc1ccc(Cl)cc1Cl.[Cl-]. The average molecular weight is 472 g/mol. The number of nitrogen functional groups attached to an aromatic ring is 1. The molecule has 0 spiro atoms. The monoisotopic (exact) mass is 470 g/mol. The van der Waals surface area contributed by atoms with Gasteiger partial charge in [0.05, 0.1) is 0 Å². The summed E-state index contributed by atoms with van der Waals surface area (Å²) in [4.78, 5) is 11.9. The molecule has 0 saturated heterocycles. The van der Waals surface area contributed by atoms with Crippen LogP contribution in [0.2, 0.25) is 10.0 Å². The molecule has 0 atom stereocenters. The van der Waals surface area contributed by atoms with Crippen LogP contribution in [0.15, 0.2) is 47.1 Å². The Morgan fingerprint density at radius 2 is 1.90 bits per heavy atom. The van der Waals surface area contributed by atoms with E-state index in [0.717, 1.165) is 16.9 Å². The second kappa shape index (κ2) is 11.6. The first-order valence-electron chi connectivity index (χ1n) is 8.76. The first-order valence-corrected chi connectivity index (χ1v) is 9.52. The summed E-state index contributed by atoms with van der Waals surface area (Å²) in [5.74, 6) is 0.271. The van der Waals surface area contributed by atoms with E-state index in [-0.39, 0.29) is 23.9 Å². The van der Waals surface area contributed by atoms with E-state index in [1.807, 2.05) is 30.3 Å². The minimum absolute atomic E-state index is 0. The molecule has 1 amide bonds. The summed E-state index contributed by atoms with van der Waals surface area (Å²) < 4.78 is 10.3. The number of benzene rings is 2. The maximum Gasteiger partial charge on any atom is 0.277 e. The Labute approximate surface area is 189 Å². The van der Waals surface area contributed by atoms with E-state index in [1.165, 1.54) is 0 Å². The van der Waals surface area contributed by atoms with Gasteiger partial charge in [-0.2, -0.15) is 0 Å². The lowest BCUT2D eigenvalue weighted by atomic mass is 10.2. The van der Waals surface area contributed by atoms with Crippen molar-refractivity contribution in [3.05, 3.63) is 69.3 Å². The van der Waals surface area contributed by atoms with Crippen LogP contribution in [-0.4, -0.2) is 29.3 Å². The molecule has 1 aromatic heterocycles. The van der Waals surface area contributed by atoms with Crippen LogP contribution in [-0.2, 0) is 13.2 Å². The number of amides is 1. The van der Waals surface area contributed by atoms with Crippen LogP contribution in [0, 0.1) is 0 Å². The molecule has 0 aliphatic rings. The second-order valence-corrected chi connectivity index (χ2v) is 6.91. The number of hydrogen-bond acceptors (Lipinski definition) is 7. The third-order valence-electron chi connectivity index (χ3n) is 4.00. The normalized spacial score (nSPS) is 10.3. The number of para-hydroxylation sites is 1. The van der Waals surface area contributed by atoms with Crippen LogP contribution in [0.25, 0.3) is 0 Å². The van der Waals surface area contributed by atoms with Gasteiger partial charge in [0.25, 0.3) is 5.91 Å². The lowest BCUT2D eigenvalue weighted by molar-refractivity contribution is -0.0000149. The fourth-order valence-corrected chi connectivity index (χ4v) is 2.97. The molecule has 11 heteroatoms. The number of carbonyl (C=O) groups is 1. The predicted octanol–water partition coefficient (Wildman–Crippen LogP) is 0.0612. The number of rotatable bonds is 9. The molecule has 8 nitrogen and oxygen atoms in total. The lowest BCUT2D eigenvalue weighted by Gasteiger charge is -2.13. The van der Waals surface area contributed by atoms with E-state index < -0.39 is 5.91 Å². The molecule has 0 fully saturated rings. The van der Waals surface area contributed by atoms with Crippen molar-refractivity contribution in [2.75, 3.05) is 18.8 Å². The van der Waals surface area contributed by atoms with E-state index in [4.69, 9.17) is 33.7 Å². The molecule has 1 heterocycles. The molecule has 3 rings (SSSR count). The van der Waals surface area contributed by atoms with Crippen molar-refractivity contribution in [2.45, 2.75) is 13.2 Å². The van der Waals surface area contributed by atoms with Crippen molar-refractivity contribution in [1.82, 2.24) is 20.9 Å². The van der Waals surface area contributed by atoms with Gasteiger partial charge in [-0.25, -0.2) is 4.63 Å². The Kier molecular flexibility index (Phi) is 9.19. The summed E-state index contributed by atoms with van der Waals surface area (Å²) in [6, 6.07) is 13.0. The van der Waals surface area contributed by atoms with Gasteiger partial charge in [0.15, 0.2) is 0 Å². The molecule has 0 unspecified atom stereocenters. The number of carbonyl (C=O) groups excluding carboxylic acids is 1. The molecule has 4 N–H and O–H groups in total. The highest BCUT2D eigenvalue weighted by Crippen LogP contribution is 2.24. The molecular formula is C19H19Cl3N5O3-. The van der Waals surface area contributed by atoms with Crippen LogP contribution < -0.4 is 33.5 Å². The highest BCUT2D eigenvalue weighted by atomic mass is 35.5. The largest absolute Gasteiger partial charge is 1.00 e. The summed E-state index contributed by atoms with van der Waals surface area (Å²) in [5, 5.41) is 13.9. The minimum atomic E-state index is -0.436. The number of halogens is 3. The number of nitrogens with one attached hydrogen (secondary N) is 2. The zero-order valence-corrected chi connectivity index (χ0v) is 18.0. The van der Waals surface area contributed by atoms with E-state index >= 15 is 0 Å². The van der Waals surface area contributed by atoms with Gasteiger partial charge in [-0.3, -0.25) is 4.79 Å². The Balaban J connectivity index is 0.00000320. The fraction of sp³-hybridized carbons (Fsp3) is 0.211. The van der Waals surface area contributed by atoms with Gasteiger partial charge in [-0.15, -0.1) is 0 Å². The number of nitrogens with zero attached hydrogens (tertiary/aromatic N) is 2. The van der Waals surface area contributed by atoms with Crippen LogP contribution in [0.4, 0.5) is 5.82 Å². The van der Waals surface area contributed by atoms with E-state index in [0.29, 0.717) is 36.3 Å². The Bertz CT molecular complexity index is 984. The lowest BCUT2D eigenvalue weighted by Crippen LogP contribution is -3.00. The summed E-state index contributed by atoms with van der Waals surface area (Å²) in [7, 11) is 0. The first kappa shape index (κ1) is 23.8. The van der Waals surface area contributed by atoms with Gasteiger partial charge in [0.1, 0.15) is 12.4 Å². The van der Waals surface area contributed by atoms with Crippen LogP contribution >= 0.6 is 23.2 Å². The van der Waals surface area contributed by atoms with Crippen molar-refractivity contribution in [3.63, 3.8) is 0 Å². The predicted molar refractivity (Wildman–Crippen MR) is 110 cm³/mol. The highest BCUT2D eigenvalue weighted by molar-refractivity contribution is 6.35. The van der Waals surface area contributed by atoms with Crippen LogP contribution in [0.5, 0.6) is 5.75 Å². The smallest absolute Gasteiger partial charge is 0.277 e. The highest BCUT2D eigenvalue weighted by Gasteiger charge is 2.15. The molecule has 30 heavy (non-hydrogen) atoms. The third kappa shape index (κ3) is 6.50. The maximum atomic E-state index is 11.9. The maximum absolute atomic E-state index is 11.9. The Morgan fingerprint density at radius 1 is 1.10 bits per heavy atom. The molecule has 0 aliphatic carbocycles. The summed E-state index contributed by atoms with van der Waals surface area (Å²) in [6.45, 7) is 1.81. The van der Waals surface area contributed by atoms with Gasteiger partial charge in [-0.05, 0) is 28.5 Å². The molecule has 3 aromatic rings. The topological polar surface area (TPSA) is 115 Å². The van der Waals surface area contributed by atoms with Gasteiger partial charge in [0, 0.05) is 40.8 Å². The third-order valence-corrected chi connectivity index (χ3v) is 4.59. The van der Waals surface area contributed by atoms with E-state index in [1.54, 1.807) is 12.1 Å². The van der Waals surface area contributed by atoms with E-state index in [9.17, 15) is 4.79 Å². The van der Waals surface area contributed by atoms with Gasteiger partial charge < -0.3 is 33.5 Å². The number of hydrogen-bond donors (Lipinski definition) is 3. The van der Waals surface area contributed by atoms with Gasteiger partial charge in [-0.1, -0.05) is 47.5 Å². The second-order valence-electron chi connectivity index (χ2n) is 6.06. The molecule has 0 bridgehead atoms. The van der Waals surface area contributed by atoms with Crippen molar-refractivity contribution in [3.8, 4) is 5.75 Å². The zero-order valence-electron chi connectivity index (χ0n) is 15.7. The molecule has 0 aliphatic heterocycles. The summed E-state index contributed by atoms with van der Waals surface area (Å²) in [6.07, 6.45) is 0.